The first kappa shape index (κ1) is 20.8. The van der Waals surface area contributed by atoms with Crippen LogP contribution >= 0.6 is 0 Å². The molecule has 2 heterocycles. The minimum atomic E-state index is -0.912. The van der Waals surface area contributed by atoms with Gasteiger partial charge < -0.3 is 19.4 Å². The number of rotatable bonds is 6. The van der Waals surface area contributed by atoms with E-state index in [1.165, 1.54) is 32.4 Å². The maximum atomic E-state index is 12.8. The fourth-order valence-corrected chi connectivity index (χ4v) is 3.47. The zero-order chi connectivity index (χ0) is 21.8. The van der Waals surface area contributed by atoms with Crippen LogP contribution in [0.4, 0.5) is 5.69 Å². The summed E-state index contributed by atoms with van der Waals surface area (Å²) in [6.07, 6.45) is 4.91. The third kappa shape index (κ3) is 3.93. The van der Waals surface area contributed by atoms with Crippen LogP contribution in [0.1, 0.15) is 18.4 Å². The highest BCUT2D eigenvalue weighted by atomic mass is 16.6. The van der Waals surface area contributed by atoms with Crippen LogP contribution < -0.4 is 5.32 Å². The van der Waals surface area contributed by atoms with Gasteiger partial charge in [0.2, 0.25) is 0 Å². The van der Waals surface area contributed by atoms with Crippen molar-refractivity contribution in [3.05, 3.63) is 81.2 Å². The van der Waals surface area contributed by atoms with Gasteiger partial charge in [-0.2, -0.15) is 0 Å². The number of nitrogens with zero attached hydrogens (tertiary/aromatic N) is 3. The van der Waals surface area contributed by atoms with E-state index >= 15 is 0 Å². The summed E-state index contributed by atoms with van der Waals surface area (Å²) in [5, 5.41) is 14.4. The molecule has 0 amide bonds. The molecule has 0 bridgehead atoms. The Morgan fingerprint density at radius 3 is 2.53 bits per heavy atom. The van der Waals surface area contributed by atoms with E-state index in [9.17, 15) is 19.7 Å². The van der Waals surface area contributed by atoms with Crippen molar-refractivity contribution < 1.29 is 24.0 Å². The van der Waals surface area contributed by atoms with Crippen LogP contribution in [0.2, 0.25) is 0 Å². The van der Waals surface area contributed by atoms with Crippen LogP contribution in [0.3, 0.4) is 0 Å². The molecule has 1 aliphatic rings. The molecule has 0 fully saturated rings. The van der Waals surface area contributed by atoms with Gasteiger partial charge in [0.1, 0.15) is 0 Å². The minimum Gasteiger partial charge on any atom is -0.466 e. The molecule has 1 aliphatic heterocycles. The maximum absolute atomic E-state index is 12.8. The van der Waals surface area contributed by atoms with Gasteiger partial charge in [-0.1, -0.05) is 12.1 Å². The number of nitrogens with one attached hydrogen (secondary N) is 1. The maximum Gasteiger partial charge on any atom is 0.336 e. The van der Waals surface area contributed by atoms with Crippen molar-refractivity contribution in [1.29, 1.82) is 0 Å². The largest absolute Gasteiger partial charge is 0.466 e. The number of imidazole rings is 1. The van der Waals surface area contributed by atoms with Gasteiger partial charge in [0.25, 0.3) is 5.69 Å². The SMILES string of the molecule is COC(=O)C1=C(C)NC(Cn2ccnc2)=C(C(=O)OC)C1c1cccc([N+](=O)[O-])c1. The Morgan fingerprint density at radius 2 is 1.93 bits per heavy atom. The average molecular weight is 412 g/mol. The molecule has 1 aromatic heterocycles. The number of allylic oxidation sites excluding steroid dienone is 2. The molecule has 1 aromatic carbocycles. The number of nitro groups is 1. The monoisotopic (exact) mass is 412 g/mol. The molecule has 0 radical (unpaired) electrons. The van der Waals surface area contributed by atoms with E-state index in [1.807, 2.05) is 0 Å². The molecule has 1 atom stereocenters. The lowest BCUT2D eigenvalue weighted by atomic mass is 9.80. The lowest BCUT2D eigenvalue weighted by molar-refractivity contribution is -0.384. The van der Waals surface area contributed by atoms with Crippen molar-refractivity contribution in [2.75, 3.05) is 14.2 Å². The Morgan fingerprint density at radius 1 is 1.23 bits per heavy atom. The number of benzene rings is 1. The molecule has 1 unspecified atom stereocenters. The Hall–Kier alpha value is -3.95. The number of ether oxygens (including phenoxy) is 2. The first-order valence-electron chi connectivity index (χ1n) is 8.95. The number of nitro benzene ring substituents is 1. The summed E-state index contributed by atoms with van der Waals surface area (Å²) in [4.78, 5) is 40.2. The summed E-state index contributed by atoms with van der Waals surface area (Å²) in [6.45, 7) is 1.93. The van der Waals surface area contributed by atoms with Crippen molar-refractivity contribution in [2.45, 2.75) is 19.4 Å². The van der Waals surface area contributed by atoms with Gasteiger partial charge >= 0.3 is 11.9 Å². The number of carbonyl (C=O) groups is 2. The predicted octanol–water partition coefficient (Wildman–Crippen LogP) is 2.05. The van der Waals surface area contributed by atoms with Gasteiger partial charge in [0.15, 0.2) is 0 Å². The molecule has 3 rings (SSSR count). The number of hydrogen-bond acceptors (Lipinski definition) is 8. The summed E-state index contributed by atoms with van der Waals surface area (Å²) in [5.74, 6) is -2.23. The topological polar surface area (TPSA) is 126 Å². The van der Waals surface area contributed by atoms with E-state index < -0.39 is 22.8 Å². The fraction of sp³-hybridized carbons (Fsp3) is 0.250. The second-order valence-electron chi connectivity index (χ2n) is 6.56. The second-order valence-corrected chi connectivity index (χ2v) is 6.56. The molecule has 2 aromatic rings. The number of non-ortho nitro benzene ring substituents is 1. The van der Waals surface area contributed by atoms with Gasteiger partial charge in [0, 0.05) is 35.9 Å². The van der Waals surface area contributed by atoms with Gasteiger partial charge in [-0.15, -0.1) is 0 Å². The van der Waals surface area contributed by atoms with Gasteiger partial charge in [0.05, 0.1) is 49.1 Å². The number of methoxy groups -OCH3 is 2. The van der Waals surface area contributed by atoms with Crippen LogP contribution in [-0.2, 0) is 25.6 Å². The Bertz CT molecular complexity index is 1060. The van der Waals surface area contributed by atoms with Crippen LogP contribution in [0, 0.1) is 10.1 Å². The third-order valence-electron chi connectivity index (χ3n) is 4.77. The van der Waals surface area contributed by atoms with Crippen LogP contribution in [-0.4, -0.2) is 40.6 Å². The summed E-state index contributed by atoms with van der Waals surface area (Å²) in [6, 6.07) is 5.80. The Balaban J connectivity index is 2.24. The molecule has 0 saturated carbocycles. The summed E-state index contributed by atoms with van der Waals surface area (Å²) in [7, 11) is 2.47. The summed E-state index contributed by atoms with van der Waals surface area (Å²) >= 11 is 0. The Labute approximate surface area is 172 Å². The molecule has 0 spiro atoms. The standard InChI is InChI=1S/C20H20N4O6/c1-12-16(19(25)29-2)17(13-5-4-6-14(9-13)24(27)28)18(20(26)30-3)15(22-12)10-23-8-7-21-11-23/h4-9,11,17,22H,10H2,1-3H3. The van der Waals surface area contributed by atoms with Crippen molar-refractivity contribution in [3.63, 3.8) is 0 Å². The number of hydrogen-bond donors (Lipinski definition) is 1. The number of esters is 2. The number of aromatic nitrogens is 2. The van der Waals surface area contributed by atoms with E-state index in [1.54, 1.807) is 36.3 Å². The average Bonchev–Trinajstić information content (AvgIpc) is 3.25. The van der Waals surface area contributed by atoms with E-state index in [0.29, 0.717) is 17.0 Å². The molecule has 156 valence electrons. The smallest absolute Gasteiger partial charge is 0.336 e. The summed E-state index contributed by atoms with van der Waals surface area (Å²) in [5.41, 5.74) is 1.54. The Kier molecular flexibility index (Phi) is 5.95. The van der Waals surface area contributed by atoms with E-state index in [2.05, 4.69) is 10.3 Å². The van der Waals surface area contributed by atoms with Crippen molar-refractivity contribution >= 4 is 17.6 Å². The third-order valence-corrected chi connectivity index (χ3v) is 4.77. The normalized spacial score (nSPS) is 16.2. The van der Waals surface area contributed by atoms with Crippen LogP contribution in [0.25, 0.3) is 0 Å². The quantitative estimate of drug-likeness (QED) is 0.434. The van der Waals surface area contributed by atoms with Crippen LogP contribution in [0.15, 0.2) is 65.5 Å². The lowest BCUT2D eigenvalue weighted by Gasteiger charge is -2.31. The highest BCUT2D eigenvalue weighted by Gasteiger charge is 2.39. The fourth-order valence-electron chi connectivity index (χ4n) is 3.47. The van der Waals surface area contributed by atoms with Crippen molar-refractivity contribution in [3.8, 4) is 0 Å². The molecule has 1 N–H and O–H groups in total. The first-order valence-corrected chi connectivity index (χ1v) is 8.95. The predicted molar refractivity (Wildman–Crippen MR) is 105 cm³/mol. The van der Waals surface area contributed by atoms with Crippen molar-refractivity contribution in [2.24, 2.45) is 0 Å². The molecule has 0 saturated heterocycles. The zero-order valence-corrected chi connectivity index (χ0v) is 16.6. The van der Waals surface area contributed by atoms with Gasteiger partial charge in [-0.05, 0) is 12.5 Å². The van der Waals surface area contributed by atoms with Gasteiger partial charge in [-0.25, -0.2) is 14.6 Å². The van der Waals surface area contributed by atoms with Crippen molar-refractivity contribution in [1.82, 2.24) is 14.9 Å². The minimum absolute atomic E-state index is 0.159. The lowest BCUT2D eigenvalue weighted by Crippen LogP contribution is -2.34. The molecule has 10 heteroatoms. The zero-order valence-electron chi connectivity index (χ0n) is 16.6. The highest BCUT2D eigenvalue weighted by molar-refractivity contribution is 5.99. The molecule has 10 nitrogen and oxygen atoms in total. The van der Waals surface area contributed by atoms with E-state index in [4.69, 9.17) is 9.47 Å². The molecular weight excluding hydrogens is 392 g/mol. The number of dihydropyridines is 1. The van der Waals surface area contributed by atoms with Crippen LogP contribution in [0.5, 0.6) is 0 Å². The van der Waals surface area contributed by atoms with E-state index in [-0.39, 0.29) is 23.4 Å². The molecule has 30 heavy (non-hydrogen) atoms. The summed E-state index contributed by atoms with van der Waals surface area (Å²) < 4.78 is 11.7. The molecule has 0 aliphatic carbocycles. The highest BCUT2D eigenvalue weighted by Crippen LogP contribution is 2.40. The molecular formula is C20H20N4O6. The first-order chi connectivity index (χ1) is 14.4. The van der Waals surface area contributed by atoms with E-state index in [0.717, 1.165) is 0 Å². The second kappa shape index (κ2) is 8.60. The van der Waals surface area contributed by atoms with Gasteiger partial charge in [-0.3, -0.25) is 10.1 Å². The number of carbonyl (C=O) groups excluding carboxylic acids is 2.